The lowest BCUT2D eigenvalue weighted by atomic mass is 10.2. The Labute approximate surface area is 80.9 Å². The maximum absolute atomic E-state index is 10.3. The monoisotopic (exact) mass is 197 g/mol. The van der Waals surface area contributed by atoms with Crippen molar-refractivity contribution in [2.75, 3.05) is 6.54 Å². The zero-order chi connectivity index (χ0) is 11.0. The number of hydrogen-bond acceptors (Lipinski definition) is 4. The molecule has 1 aliphatic rings. The van der Waals surface area contributed by atoms with Crippen molar-refractivity contribution in [1.29, 1.82) is 0 Å². The molecular weight excluding hydrogens is 186 g/mol. The number of carboxylic acids is 1. The SMILES string of the molecule is NCCC(=O)O.O=C1C=CC(=O)C=C1. The standard InChI is InChI=1S/C6H4O2.C3H7NO2/c7-5-1-2-6(8)4-3-5;4-2-1-3(5)6/h1-4H;1-2,4H2,(H,5,6). The van der Waals surface area contributed by atoms with Crippen molar-refractivity contribution in [3.8, 4) is 0 Å². The molecule has 0 aromatic carbocycles. The van der Waals surface area contributed by atoms with E-state index in [-0.39, 0.29) is 24.5 Å². The number of carbonyl (C=O) groups excluding carboxylic acids is 2. The van der Waals surface area contributed by atoms with E-state index < -0.39 is 5.97 Å². The Bertz CT molecular complexity index is 253. The molecule has 3 N–H and O–H groups in total. The van der Waals surface area contributed by atoms with Crippen LogP contribution in [0.2, 0.25) is 0 Å². The number of rotatable bonds is 2. The van der Waals surface area contributed by atoms with Crippen LogP contribution in [0.15, 0.2) is 24.3 Å². The van der Waals surface area contributed by atoms with E-state index in [0.29, 0.717) is 0 Å². The number of ketones is 2. The lowest BCUT2D eigenvalue weighted by molar-refractivity contribution is -0.136. The van der Waals surface area contributed by atoms with Crippen LogP contribution in [0.1, 0.15) is 6.42 Å². The molecule has 0 aromatic rings. The fourth-order valence-electron chi connectivity index (χ4n) is 0.563. The molecule has 5 nitrogen and oxygen atoms in total. The minimum Gasteiger partial charge on any atom is -0.481 e. The van der Waals surface area contributed by atoms with Crippen LogP contribution in [0, 0.1) is 0 Å². The highest BCUT2D eigenvalue weighted by atomic mass is 16.4. The Morgan fingerprint density at radius 2 is 1.50 bits per heavy atom. The molecule has 0 aromatic heterocycles. The summed E-state index contributed by atoms with van der Waals surface area (Å²) in [5.74, 6) is -1.08. The molecule has 0 bridgehead atoms. The number of hydrogen-bond donors (Lipinski definition) is 2. The highest BCUT2D eigenvalue weighted by molar-refractivity contribution is 6.14. The van der Waals surface area contributed by atoms with Crippen LogP contribution in [0.3, 0.4) is 0 Å². The maximum atomic E-state index is 10.3. The van der Waals surface area contributed by atoms with Crippen LogP contribution in [0.5, 0.6) is 0 Å². The summed E-state index contributed by atoms with van der Waals surface area (Å²) in [6, 6.07) is 0. The zero-order valence-corrected chi connectivity index (χ0v) is 7.47. The third kappa shape index (κ3) is 6.93. The van der Waals surface area contributed by atoms with Crippen LogP contribution in [0.4, 0.5) is 0 Å². The topological polar surface area (TPSA) is 97.5 Å². The van der Waals surface area contributed by atoms with E-state index in [1.54, 1.807) is 0 Å². The van der Waals surface area contributed by atoms with Crippen molar-refractivity contribution in [3.05, 3.63) is 24.3 Å². The van der Waals surface area contributed by atoms with Gasteiger partial charge >= 0.3 is 5.97 Å². The Morgan fingerprint density at radius 1 is 1.14 bits per heavy atom. The van der Waals surface area contributed by atoms with Gasteiger partial charge in [-0.15, -0.1) is 0 Å². The lowest BCUT2D eigenvalue weighted by Crippen LogP contribution is -2.05. The molecule has 0 saturated carbocycles. The highest BCUT2D eigenvalue weighted by Gasteiger charge is 1.97. The smallest absolute Gasteiger partial charge is 0.304 e. The van der Waals surface area contributed by atoms with Crippen molar-refractivity contribution in [1.82, 2.24) is 0 Å². The molecule has 1 rings (SSSR count). The fourth-order valence-corrected chi connectivity index (χ4v) is 0.563. The molecule has 0 fully saturated rings. The number of nitrogens with two attached hydrogens (primary N) is 1. The van der Waals surface area contributed by atoms with Gasteiger partial charge in [-0.2, -0.15) is 0 Å². The number of carboxylic acid groups (broad SMARTS) is 1. The number of aliphatic carboxylic acids is 1. The van der Waals surface area contributed by atoms with E-state index in [1.165, 1.54) is 24.3 Å². The first-order valence-corrected chi connectivity index (χ1v) is 3.92. The van der Waals surface area contributed by atoms with Crippen LogP contribution in [-0.4, -0.2) is 29.2 Å². The second-order valence-electron chi connectivity index (χ2n) is 2.40. The van der Waals surface area contributed by atoms with E-state index in [0.717, 1.165) is 0 Å². The van der Waals surface area contributed by atoms with Crippen molar-refractivity contribution in [3.63, 3.8) is 0 Å². The van der Waals surface area contributed by atoms with Gasteiger partial charge in [0.2, 0.25) is 0 Å². The average molecular weight is 197 g/mol. The summed E-state index contributed by atoms with van der Waals surface area (Å²) >= 11 is 0. The van der Waals surface area contributed by atoms with E-state index in [4.69, 9.17) is 10.8 Å². The first kappa shape index (κ1) is 12.2. The summed E-state index contributed by atoms with van der Waals surface area (Å²) in [5, 5.41) is 7.83. The molecule has 1 aliphatic carbocycles. The molecule has 0 spiro atoms. The molecule has 0 heterocycles. The Kier molecular flexibility index (Phi) is 5.89. The molecule has 76 valence electrons. The third-order valence-corrected chi connectivity index (χ3v) is 1.18. The van der Waals surface area contributed by atoms with Crippen LogP contribution in [-0.2, 0) is 14.4 Å². The average Bonchev–Trinajstić information content (AvgIpc) is 2.11. The van der Waals surface area contributed by atoms with Gasteiger partial charge in [-0.25, -0.2) is 0 Å². The predicted molar refractivity (Wildman–Crippen MR) is 49.6 cm³/mol. The van der Waals surface area contributed by atoms with Gasteiger partial charge in [0.15, 0.2) is 11.6 Å². The van der Waals surface area contributed by atoms with E-state index in [1.807, 2.05) is 0 Å². The van der Waals surface area contributed by atoms with Crippen LogP contribution >= 0.6 is 0 Å². The normalized spacial score (nSPS) is 13.5. The second kappa shape index (κ2) is 6.73. The van der Waals surface area contributed by atoms with Gasteiger partial charge in [0.25, 0.3) is 0 Å². The molecule has 0 radical (unpaired) electrons. The van der Waals surface area contributed by atoms with Gasteiger partial charge in [-0.05, 0) is 24.3 Å². The maximum Gasteiger partial charge on any atom is 0.304 e. The van der Waals surface area contributed by atoms with Gasteiger partial charge < -0.3 is 10.8 Å². The summed E-state index contributed by atoms with van der Waals surface area (Å²) < 4.78 is 0. The molecule has 0 aliphatic heterocycles. The van der Waals surface area contributed by atoms with Crippen molar-refractivity contribution >= 4 is 17.5 Å². The lowest BCUT2D eigenvalue weighted by Gasteiger charge is -1.87. The Balaban J connectivity index is 0.000000255. The number of allylic oxidation sites excluding steroid dienone is 4. The van der Waals surface area contributed by atoms with E-state index in [9.17, 15) is 14.4 Å². The van der Waals surface area contributed by atoms with Gasteiger partial charge in [-0.3, -0.25) is 14.4 Å². The summed E-state index contributed by atoms with van der Waals surface area (Å²) in [4.78, 5) is 30.1. The summed E-state index contributed by atoms with van der Waals surface area (Å²) in [7, 11) is 0. The first-order chi connectivity index (χ1) is 6.56. The summed E-state index contributed by atoms with van der Waals surface area (Å²) in [5.41, 5.74) is 4.85. The van der Waals surface area contributed by atoms with Gasteiger partial charge in [0.1, 0.15) is 0 Å². The van der Waals surface area contributed by atoms with Gasteiger partial charge in [0.05, 0.1) is 6.42 Å². The van der Waals surface area contributed by atoms with E-state index in [2.05, 4.69) is 0 Å². The van der Waals surface area contributed by atoms with Gasteiger partial charge in [0, 0.05) is 6.54 Å². The zero-order valence-electron chi connectivity index (χ0n) is 7.47. The molecule has 14 heavy (non-hydrogen) atoms. The Morgan fingerprint density at radius 3 is 1.64 bits per heavy atom. The van der Waals surface area contributed by atoms with Crippen LogP contribution < -0.4 is 5.73 Å². The summed E-state index contributed by atoms with van der Waals surface area (Å²) in [6.07, 6.45) is 5.08. The molecule has 0 atom stereocenters. The minimum atomic E-state index is -0.836. The van der Waals surface area contributed by atoms with E-state index >= 15 is 0 Å². The molecule has 0 unspecified atom stereocenters. The second-order valence-corrected chi connectivity index (χ2v) is 2.40. The van der Waals surface area contributed by atoms with Crippen LogP contribution in [0.25, 0.3) is 0 Å². The largest absolute Gasteiger partial charge is 0.481 e. The number of carbonyl (C=O) groups is 3. The summed E-state index contributed by atoms with van der Waals surface area (Å²) in [6.45, 7) is 0.231. The van der Waals surface area contributed by atoms with Crippen molar-refractivity contribution in [2.24, 2.45) is 5.73 Å². The van der Waals surface area contributed by atoms with Crippen molar-refractivity contribution in [2.45, 2.75) is 6.42 Å². The molecule has 0 amide bonds. The third-order valence-electron chi connectivity index (χ3n) is 1.18. The molecule has 0 saturated heterocycles. The molecule has 5 heteroatoms. The highest BCUT2D eigenvalue weighted by Crippen LogP contribution is 1.90. The first-order valence-electron chi connectivity index (χ1n) is 3.92. The fraction of sp³-hybridized carbons (Fsp3) is 0.222. The van der Waals surface area contributed by atoms with Crippen molar-refractivity contribution < 1.29 is 19.5 Å². The minimum absolute atomic E-state index is 0.0694. The van der Waals surface area contributed by atoms with Gasteiger partial charge in [-0.1, -0.05) is 0 Å². The predicted octanol–water partition coefficient (Wildman–Crippen LogP) is -0.330. The molecular formula is C9H11NO4. The quantitative estimate of drug-likeness (QED) is 0.591. The Hall–Kier alpha value is -1.75.